The fraction of sp³-hybridized carbons (Fsp3) is 0.167. The number of thiophene rings is 1. The third-order valence-corrected chi connectivity index (χ3v) is 5.20. The maximum absolute atomic E-state index is 12.0. The first kappa shape index (κ1) is 17.3. The number of carbonyl (C=O) groups excluding carboxylic acids is 2. The maximum atomic E-state index is 12.0. The Morgan fingerprint density at radius 1 is 1.16 bits per heavy atom. The molecule has 5 nitrogen and oxygen atoms in total. The van der Waals surface area contributed by atoms with Crippen molar-refractivity contribution in [3.63, 3.8) is 0 Å². The Morgan fingerprint density at radius 3 is 2.76 bits per heavy atom. The van der Waals surface area contributed by atoms with Crippen molar-refractivity contribution in [2.75, 3.05) is 11.9 Å². The normalized spacial score (nSPS) is 10.5. The van der Waals surface area contributed by atoms with Gasteiger partial charge in [-0.3, -0.25) is 9.59 Å². The molecule has 0 aliphatic carbocycles. The summed E-state index contributed by atoms with van der Waals surface area (Å²) in [5.74, 6) is -0.549. The van der Waals surface area contributed by atoms with E-state index in [1.165, 1.54) is 22.7 Å². The lowest BCUT2D eigenvalue weighted by molar-refractivity contribution is -0.115. The molecule has 0 radical (unpaired) electrons. The molecule has 2 N–H and O–H groups in total. The SMILES string of the molecule is Cc1ccc(C)c(-c2csc(NC(=O)CNC(=O)c3cccs3)n2)c1. The molecule has 0 spiro atoms. The topological polar surface area (TPSA) is 71.1 Å². The first-order valence-electron chi connectivity index (χ1n) is 7.67. The number of amides is 2. The summed E-state index contributed by atoms with van der Waals surface area (Å²) in [5, 5.41) is 9.58. The molecule has 0 aliphatic rings. The number of anilines is 1. The zero-order chi connectivity index (χ0) is 17.8. The van der Waals surface area contributed by atoms with Crippen LogP contribution >= 0.6 is 22.7 Å². The van der Waals surface area contributed by atoms with Gasteiger partial charge in [0.15, 0.2) is 5.13 Å². The molecular weight excluding hydrogens is 354 g/mol. The zero-order valence-corrected chi connectivity index (χ0v) is 15.5. The van der Waals surface area contributed by atoms with E-state index in [0.717, 1.165) is 22.4 Å². The van der Waals surface area contributed by atoms with Gasteiger partial charge in [0.25, 0.3) is 5.91 Å². The Labute approximate surface area is 153 Å². The van der Waals surface area contributed by atoms with Gasteiger partial charge < -0.3 is 10.6 Å². The van der Waals surface area contributed by atoms with E-state index < -0.39 is 0 Å². The van der Waals surface area contributed by atoms with Gasteiger partial charge in [-0.15, -0.1) is 22.7 Å². The van der Waals surface area contributed by atoms with Crippen LogP contribution in [0.5, 0.6) is 0 Å². The third-order valence-electron chi connectivity index (χ3n) is 3.57. The summed E-state index contributed by atoms with van der Waals surface area (Å²) in [7, 11) is 0. The highest BCUT2D eigenvalue weighted by Gasteiger charge is 2.12. The van der Waals surface area contributed by atoms with Crippen molar-refractivity contribution in [2.24, 2.45) is 0 Å². The minimum absolute atomic E-state index is 0.0882. The average Bonchev–Trinajstić information content (AvgIpc) is 3.26. The molecule has 0 saturated heterocycles. The third kappa shape index (κ3) is 4.32. The molecule has 1 aromatic carbocycles. The van der Waals surface area contributed by atoms with Crippen LogP contribution < -0.4 is 10.6 Å². The van der Waals surface area contributed by atoms with E-state index in [0.29, 0.717) is 10.0 Å². The van der Waals surface area contributed by atoms with E-state index in [4.69, 9.17) is 0 Å². The van der Waals surface area contributed by atoms with Gasteiger partial charge in [0.05, 0.1) is 17.1 Å². The molecular formula is C18H17N3O2S2. The van der Waals surface area contributed by atoms with Gasteiger partial charge in [-0.1, -0.05) is 23.8 Å². The summed E-state index contributed by atoms with van der Waals surface area (Å²) in [6.45, 7) is 3.98. The summed E-state index contributed by atoms with van der Waals surface area (Å²) in [4.78, 5) is 28.9. The molecule has 2 aromatic heterocycles. The van der Waals surface area contributed by atoms with Crippen LogP contribution in [0.3, 0.4) is 0 Å². The molecule has 0 bridgehead atoms. The summed E-state index contributed by atoms with van der Waals surface area (Å²) < 4.78 is 0. The number of aryl methyl sites for hydroxylation is 2. The van der Waals surface area contributed by atoms with Crippen molar-refractivity contribution in [2.45, 2.75) is 13.8 Å². The minimum Gasteiger partial charge on any atom is -0.342 e. The van der Waals surface area contributed by atoms with Crippen molar-refractivity contribution < 1.29 is 9.59 Å². The van der Waals surface area contributed by atoms with Gasteiger partial charge >= 0.3 is 0 Å². The summed E-state index contributed by atoms with van der Waals surface area (Å²) >= 11 is 2.70. The van der Waals surface area contributed by atoms with Crippen LogP contribution in [0.25, 0.3) is 11.3 Å². The van der Waals surface area contributed by atoms with Gasteiger partial charge in [-0.25, -0.2) is 4.98 Å². The molecule has 0 aliphatic heterocycles. The van der Waals surface area contributed by atoms with Gasteiger partial charge in [0.1, 0.15) is 0 Å². The number of benzene rings is 1. The molecule has 0 fully saturated rings. The van der Waals surface area contributed by atoms with Gasteiger partial charge in [-0.05, 0) is 36.9 Å². The molecule has 3 aromatic rings. The standard InChI is InChI=1S/C18H17N3O2S2/c1-11-5-6-12(2)13(8-11)14-10-25-18(20-14)21-16(22)9-19-17(23)15-4-3-7-24-15/h3-8,10H,9H2,1-2H3,(H,19,23)(H,20,21,22). The monoisotopic (exact) mass is 371 g/mol. The molecule has 7 heteroatoms. The smallest absolute Gasteiger partial charge is 0.261 e. The first-order valence-corrected chi connectivity index (χ1v) is 9.43. The van der Waals surface area contributed by atoms with Crippen molar-refractivity contribution in [3.8, 4) is 11.3 Å². The number of nitrogens with one attached hydrogen (secondary N) is 2. The summed E-state index contributed by atoms with van der Waals surface area (Å²) in [6, 6.07) is 9.71. The van der Waals surface area contributed by atoms with E-state index in [9.17, 15) is 9.59 Å². The molecule has 2 amide bonds. The molecule has 25 heavy (non-hydrogen) atoms. The highest BCUT2D eigenvalue weighted by Crippen LogP contribution is 2.28. The highest BCUT2D eigenvalue weighted by molar-refractivity contribution is 7.14. The Balaban J connectivity index is 1.60. The van der Waals surface area contributed by atoms with Crippen molar-refractivity contribution in [1.82, 2.24) is 10.3 Å². The summed E-state index contributed by atoms with van der Waals surface area (Å²) in [6.07, 6.45) is 0. The van der Waals surface area contributed by atoms with Crippen LogP contribution in [0.1, 0.15) is 20.8 Å². The molecule has 0 saturated carbocycles. The van der Waals surface area contributed by atoms with E-state index in [1.54, 1.807) is 12.1 Å². The van der Waals surface area contributed by atoms with Crippen LogP contribution in [-0.4, -0.2) is 23.3 Å². The van der Waals surface area contributed by atoms with Crippen molar-refractivity contribution in [1.29, 1.82) is 0 Å². The number of rotatable bonds is 5. The van der Waals surface area contributed by atoms with Crippen LogP contribution in [-0.2, 0) is 4.79 Å². The molecule has 128 valence electrons. The fourth-order valence-corrected chi connectivity index (χ4v) is 3.65. The first-order chi connectivity index (χ1) is 12.0. The van der Waals surface area contributed by atoms with Crippen LogP contribution in [0.2, 0.25) is 0 Å². The van der Waals surface area contributed by atoms with Gasteiger partial charge in [0, 0.05) is 10.9 Å². The van der Waals surface area contributed by atoms with Gasteiger partial charge in [0.2, 0.25) is 5.91 Å². The number of carbonyl (C=O) groups is 2. The molecule has 0 atom stereocenters. The Hall–Kier alpha value is -2.51. The second-order valence-corrected chi connectivity index (χ2v) is 7.37. The Morgan fingerprint density at radius 2 is 2.00 bits per heavy atom. The minimum atomic E-state index is -0.299. The lowest BCUT2D eigenvalue weighted by atomic mass is 10.0. The van der Waals surface area contributed by atoms with Crippen molar-refractivity contribution in [3.05, 3.63) is 57.1 Å². The van der Waals surface area contributed by atoms with Crippen LogP contribution in [0, 0.1) is 13.8 Å². The predicted molar refractivity (Wildman–Crippen MR) is 102 cm³/mol. The van der Waals surface area contributed by atoms with E-state index in [1.807, 2.05) is 24.6 Å². The lowest BCUT2D eigenvalue weighted by Gasteiger charge is -2.05. The zero-order valence-electron chi connectivity index (χ0n) is 13.8. The molecule has 0 unspecified atom stereocenters. The average molecular weight is 371 g/mol. The Kier molecular flexibility index (Phi) is 5.25. The number of thiazole rings is 1. The molecule has 2 heterocycles. The lowest BCUT2D eigenvalue weighted by Crippen LogP contribution is -2.32. The van der Waals surface area contributed by atoms with Crippen LogP contribution in [0.4, 0.5) is 5.13 Å². The van der Waals surface area contributed by atoms with Crippen molar-refractivity contribution >= 4 is 39.6 Å². The maximum Gasteiger partial charge on any atom is 0.261 e. The van der Waals surface area contributed by atoms with E-state index >= 15 is 0 Å². The number of aromatic nitrogens is 1. The number of hydrogen-bond donors (Lipinski definition) is 2. The second-order valence-electron chi connectivity index (χ2n) is 5.56. The van der Waals surface area contributed by atoms with Gasteiger partial charge in [-0.2, -0.15) is 0 Å². The second kappa shape index (κ2) is 7.58. The molecule has 3 rings (SSSR count). The predicted octanol–water partition coefficient (Wildman–Crippen LogP) is 3.86. The number of nitrogens with zero attached hydrogens (tertiary/aromatic N) is 1. The summed E-state index contributed by atoms with van der Waals surface area (Å²) in [5.41, 5.74) is 4.19. The fourth-order valence-electron chi connectivity index (χ4n) is 2.29. The number of hydrogen-bond acceptors (Lipinski definition) is 5. The van der Waals surface area contributed by atoms with E-state index in [-0.39, 0.29) is 18.4 Å². The highest BCUT2D eigenvalue weighted by atomic mass is 32.1. The Bertz CT molecular complexity index is 901. The largest absolute Gasteiger partial charge is 0.342 e. The quantitative estimate of drug-likeness (QED) is 0.715. The van der Waals surface area contributed by atoms with Crippen LogP contribution in [0.15, 0.2) is 41.1 Å². The van der Waals surface area contributed by atoms with E-state index in [2.05, 4.69) is 33.8 Å².